The van der Waals surface area contributed by atoms with Gasteiger partial charge < -0.3 is 10.6 Å². The quantitative estimate of drug-likeness (QED) is 0.874. The summed E-state index contributed by atoms with van der Waals surface area (Å²) in [7, 11) is 0. The Hall–Kier alpha value is -1.30. The molecule has 1 unspecified atom stereocenters. The molecule has 4 nitrogen and oxygen atoms in total. The van der Waals surface area contributed by atoms with Crippen molar-refractivity contribution < 1.29 is 8.78 Å². The molecule has 2 N–H and O–H groups in total. The van der Waals surface area contributed by atoms with Crippen LogP contribution in [-0.2, 0) is 0 Å². The monoisotopic (exact) mass is 242 g/mol. The van der Waals surface area contributed by atoms with Crippen LogP contribution in [0.25, 0.3) is 0 Å². The summed E-state index contributed by atoms with van der Waals surface area (Å²) in [6.07, 6.45) is 1.04. The van der Waals surface area contributed by atoms with Crippen LogP contribution < -0.4 is 10.6 Å². The first-order chi connectivity index (χ1) is 8.06. The topological polar surface area (TPSA) is 55.0 Å². The molecule has 1 aromatic rings. The van der Waals surface area contributed by atoms with Gasteiger partial charge in [0.15, 0.2) is 5.82 Å². The highest BCUT2D eigenvalue weighted by Gasteiger charge is 2.35. The summed E-state index contributed by atoms with van der Waals surface area (Å²) in [6, 6.07) is 0. The molecule has 2 rings (SSSR count). The van der Waals surface area contributed by atoms with E-state index in [1.165, 1.54) is 12.4 Å². The summed E-state index contributed by atoms with van der Waals surface area (Å²) >= 11 is 0. The van der Waals surface area contributed by atoms with Crippen molar-refractivity contribution in [1.82, 2.24) is 9.97 Å². The summed E-state index contributed by atoms with van der Waals surface area (Å²) in [5.74, 6) is 0.291. The van der Waals surface area contributed by atoms with Crippen LogP contribution in [0, 0.1) is 5.41 Å². The largest absolute Gasteiger partial charge is 0.354 e. The molecule has 1 aromatic heterocycles. The molecular weight excluding hydrogens is 226 g/mol. The normalized spacial score (nSPS) is 24.6. The second kappa shape index (κ2) is 4.52. The lowest BCUT2D eigenvalue weighted by molar-refractivity contribution is 0.146. The third kappa shape index (κ3) is 2.36. The first-order valence-electron chi connectivity index (χ1n) is 5.60. The lowest BCUT2D eigenvalue weighted by atomic mass is 9.90. The van der Waals surface area contributed by atoms with E-state index in [1.807, 2.05) is 4.90 Å². The highest BCUT2D eigenvalue weighted by Crippen LogP contribution is 2.34. The van der Waals surface area contributed by atoms with Crippen LogP contribution in [0.5, 0.6) is 0 Å². The van der Waals surface area contributed by atoms with Gasteiger partial charge in [-0.1, -0.05) is 6.92 Å². The van der Waals surface area contributed by atoms with Crippen molar-refractivity contribution in [3.8, 4) is 0 Å². The van der Waals surface area contributed by atoms with Crippen molar-refractivity contribution in [1.29, 1.82) is 0 Å². The zero-order chi connectivity index (χ0) is 12.5. The molecule has 0 spiro atoms. The molecule has 0 bridgehead atoms. The van der Waals surface area contributed by atoms with E-state index < -0.39 is 6.43 Å². The molecule has 2 heterocycles. The second-order valence-electron chi connectivity index (χ2n) is 4.75. The van der Waals surface area contributed by atoms with Crippen molar-refractivity contribution in [3.05, 3.63) is 18.1 Å². The third-order valence-corrected chi connectivity index (χ3v) is 3.26. The van der Waals surface area contributed by atoms with E-state index in [-0.39, 0.29) is 11.1 Å². The average molecular weight is 242 g/mol. The van der Waals surface area contributed by atoms with Gasteiger partial charge in [0.05, 0.1) is 0 Å². The minimum absolute atomic E-state index is 0.0170. The first-order valence-corrected chi connectivity index (χ1v) is 5.60. The van der Waals surface area contributed by atoms with E-state index in [0.717, 1.165) is 6.42 Å². The van der Waals surface area contributed by atoms with E-state index in [9.17, 15) is 8.78 Å². The SMILES string of the molecule is CC1(CN)CCN(c2nccnc2C(F)F)C1. The predicted octanol–water partition coefficient (Wildman–Crippen LogP) is 1.59. The Labute approximate surface area is 98.9 Å². The van der Waals surface area contributed by atoms with E-state index >= 15 is 0 Å². The van der Waals surface area contributed by atoms with Crippen LogP contribution in [0.3, 0.4) is 0 Å². The van der Waals surface area contributed by atoms with Crippen LogP contribution in [0.4, 0.5) is 14.6 Å². The molecule has 0 radical (unpaired) electrons. The Morgan fingerprint density at radius 1 is 1.47 bits per heavy atom. The Morgan fingerprint density at radius 2 is 2.18 bits per heavy atom. The Bertz CT molecular complexity index is 399. The van der Waals surface area contributed by atoms with Crippen LogP contribution in [0.15, 0.2) is 12.4 Å². The van der Waals surface area contributed by atoms with Crippen molar-refractivity contribution in [2.24, 2.45) is 11.1 Å². The highest BCUT2D eigenvalue weighted by molar-refractivity contribution is 5.45. The highest BCUT2D eigenvalue weighted by atomic mass is 19.3. The lowest BCUT2D eigenvalue weighted by Gasteiger charge is -2.24. The molecule has 1 fully saturated rings. The number of rotatable bonds is 3. The summed E-state index contributed by atoms with van der Waals surface area (Å²) in [6.45, 7) is 3.97. The molecule has 1 aliphatic heterocycles. The Morgan fingerprint density at radius 3 is 2.76 bits per heavy atom. The number of hydrogen-bond donors (Lipinski definition) is 1. The predicted molar refractivity (Wildman–Crippen MR) is 61.0 cm³/mol. The van der Waals surface area contributed by atoms with Gasteiger partial charge in [-0.15, -0.1) is 0 Å². The van der Waals surface area contributed by atoms with Gasteiger partial charge in [-0.3, -0.25) is 0 Å². The number of nitrogens with zero attached hydrogens (tertiary/aromatic N) is 3. The number of hydrogen-bond acceptors (Lipinski definition) is 4. The zero-order valence-electron chi connectivity index (χ0n) is 9.74. The standard InChI is InChI=1S/C11H16F2N4/c1-11(6-14)2-5-17(7-11)10-8(9(12)13)15-3-4-16-10/h3-4,9H,2,5-7,14H2,1H3. The minimum Gasteiger partial charge on any atom is -0.354 e. The zero-order valence-corrected chi connectivity index (χ0v) is 9.74. The first kappa shape index (κ1) is 12.2. The average Bonchev–Trinajstić information content (AvgIpc) is 2.73. The number of nitrogens with two attached hydrogens (primary N) is 1. The maximum Gasteiger partial charge on any atom is 0.284 e. The molecule has 0 aliphatic carbocycles. The fourth-order valence-electron chi connectivity index (χ4n) is 2.11. The molecule has 94 valence electrons. The smallest absolute Gasteiger partial charge is 0.284 e. The Balaban J connectivity index is 2.24. The molecule has 0 aromatic carbocycles. The molecular formula is C11H16F2N4. The van der Waals surface area contributed by atoms with Crippen LogP contribution in [0.1, 0.15) is 25.5 Å². The molecule has 1 aliphatic rings. The molecule has 17 heavy (non-hydrogen) atoms. The fraction of sp³-hybridized carbons (Fsp3) is 0.636. The number of anilines is 1. The fourth-order valence-corrected chi connectivity index (χ4v) is 2.11. The van der Waals surface area contributed by atoms with Gasteiger partial charge in [0.25, 0.3) is 6.43 Å². The van der Waals surface area contributed by atoms with Crippen molar-refractivity contribution in [2.45, 2.75) is 19.8 Å². The van der Waals surface area contributed by atoms with E-state index in [1.54, 1.807) is 0 Å². The molecule has 6 heteroatoms. The van der Waals surface area contributed by atoms with Gasteiger partial charge in [-0.25, -0.2) is 18.7 Å². The van der Waals surface area contributed by atoms with Gasteiger partial charge in [0, 0.05) is 25.5 Å². The Kier molecular flexibility index (Phi) is 3.24. The van der Waals surface area contributed by atoms with Gasteiger partial charge >= 0.3 is 0 Å². The summed E-state index contributed by atoms with van der Waals surface area (Å²) in [5, 5.41) is 0. The molecule has 0 amide bonds. The van der Waals surface area contributed by atoms with Gasteiger partial charge in [-0.2, -0.15) is 0 Å². The van der Waals surface area contributed by atoms with E-state index in [2.05, 4.69) is 16.9 Å². The van der Waals surface area contributed by atoms with Crippen molar-refractivity contribution in [3.63, 3.8) is 0 Å². The summed E-state index contributed by atoms with van der Waals surface area (Å²) < 4.78 is 25.6. The van der Waals surface area contributed by atoms with Crippen LogP contribution in [-0.4, -0.2) is 29.6 Å². The molecule has 0 saturated carbocycles. The number of alkyl halides is 2. The summed E-state index contributed by atoms with van der Waals surface area (Å²) in [4.78, 5) is 9.58. The lowest BCUT2D eigenvalue weighted by Crippen LogP contribution is -2.32. The maximum absolute atomic E-state index is 12.8. The van der Waals surface area contributed by atoms with Crippen molar-refractivity contribution in [2.75, 3.05) is 24.5 Å². The number of aromatic nitrogens is 2. The molecule has 1 saturated heterocycles. The van der Waals surface area contributed by atoms with E-state index in [0.29, 0.717) is 25.5 Å². The third-order valence-electron chi connectivity index (χ3n) is 3.26. The van der Waals surface area contributed by atoms with Gasteiger partial charge in [0.2, 0.25) is 0 Å². The maximum atomic E-state index is 12.8. The summed E-state index contributed by atoms with van der Waals surface area (Å²) in [5.41, 5.74) is 5.44. The minimum atomic E-state index is -2.59. The van der Waals surface area contributed by atoms with Crippen LogP contribution in [0.2, 0.25) is 0 Å². The van der Waals surface area contributed by atoms with Gasteiger partial charge in [0.1, 0.15) is 5.69 Å². The number of halogens is 2. The molecule has 1 atom stereocenters. The van der Waals surface area contributed by atoms with Crippen LogP contribution >= 0.6 is 0 Å². The van der Waals surface area contributed by atoms with Crippen molar-refractivity contribution >= 4 is 5.82 Å². The van der Waals surface area contributed by atoms with Gasteiger partial charge in [-0.05, 0) is 18.4 Å². The van der Waals surface area contributed by atoms with E-state index in [4.69, 9.17) is 5.73 Å². The second-order valence-corrected chi connectivity index (χ2v) is 4.75.